The Morgan fingerprint density at radius 1 is 0.839 bits per heavy atom. The number of furan rings is 1. The maximum absolute atomic E-state index is 12.6. The lowest BCUT2D eigenvalue weighted by molar-refractivity contribution is -0.130. The molecule has 0 atom stereocenters. The van der Waals surface area contributed by atoms with Crippen LogP contribution in [0.5, 0.6) is 0 Å². The van der Waals surface area contributed by atoms with Gasteiger partial charge in [0, 0.05) is 51.4 Å². The normalized spacial score (nSPS) is 16.5. The van der Waals surface area contributed by atoms with Crippen molar-refractivity contribution in [3.63, 3.8) is 0 Å². The standard InChI is InChI=1S/C23H28N4O4/c28-21(25-11-1-2-12-25)10-7-18-5-8-19(9-6-18)24-23(30)27-15-13-26(14-16-27)22(29)20-4-3-17-31-20/h3-6,8-9,17H,1-2,7,10-16H2,(H,24,30). The third-order valence-corrected chi connectivity index (χ3v) is 5.88. The van der Waals surface area contributed by atoms with Gasteiger partial charge in [-0.05, 0) is 49.1 Å². The van der Waals surface area contributed by atoms with E-state index in [2.05, 4.69) is 5.32 Å². The number of anilines is 1. The van der Waals surface area contributed by atoms with Gasteiger partial charge in [0.2, 0.25) is 5.91 Å². The number of benzene rings is 1. The van der Waals surface area contributed by atoms with Gasteiger partial charge in [-0.2, -0.15) is 0 Å². The number of hydrogen-bond donors (Lipinski definition) is 1. The number of aryl methyl sites for hydroxylation is 1. The summed E-state index contributed by atoms with van der Waals surface area (Å²) in [6.45, 7) is 3.64. The highest BCUT2D eigenvalue weighted by Crippen LogP contribution is 2.15. The predicted molar refractivity (Wildman–Crippen MR) is 116 cm³/mol. The van der Waals surface area contributed by atoms with Crippen molar-refractivity contribution in [3.05, 3.63) is 54.0 Å². The maximum Gasteiger partial charge on any atom is 0.321 e. The average molecular weight is 425 g/mol. The van der Waals surface area contributed by atoms with Crippen LogP contribution in [-0.2, 0) is 11.2 Å². The number of amides is 4. The molecule has 0 saturated carbocycles. The number of likely N-dealkylation sites (tertiary alicyclic amines) is 1. The van der Waals surface area contributed by atoms with Crippen molar-refractivity contribution < 1.29 is 18.8 Å². The SMILES string of the molecule is O=C(CCc1ccc(NC(=O)N2CCN(C(=O)c3ccco3)CC2)cc1)N1CCCC1. The van der Waals surface area contributed by atoms with Crippen LogP contribution in [0.3, 0.4) is 0 Å². The van der Waals surface area contributed by atoms with Crippen molar-refractivity contribution in [1.29, 1.82) is 0 Å². The van der Waals surface area contributed by atoms with Gasteiger partial charge in [0.05, 0.1) is 6.26 Å². The Morgan fingerprint density at radius 2 is 1.52 bits per heavy atom. The van der Waals surface area contributed by atoms with Crippen LogP contribution in [-0.4, -0.2) is 71.8 Å². The molecule has 164 valence electrons. The van der Waals surface area contributed by atoms with Crippen LogP contribution < -0.4 is 5.32 Å². The molecule has 3 heterocycles. The zero-order chi connectivity index (χ0) is 21.6. The molecule has 1 aromatic heterocycles. The van der Waals surface area contributed by atoms with E-state index >= 15 is 0 Å². The summed E-state index contributed by atoms with van der Waals surface area (Å²) in [7, 11) is 0. The zero-order valence-corrected chi connectivity index (χ0v) is 17.6. The second kappa shape index (κ2) is 9.68. The van der Waals surface area contributed by atoms with Crippen molar-refractivity contribution in [1.82, 2.24) is 14.7 Å². The van der Waals surface area contributed by atoms with Crippen molar-refractivity contribution in [2.45, 2.75) is 25.7 Å². The first-order valence-corrected chi connectivity index (χ1v) is 10.9. The predicted octanol–water partition coefficient (Wildman–Crippen LogP) is 2.82. The van der Waals surface area contributed by atoms with Crippen LogP contribution in [0.15, 0.2) is 47.1 Å². The number of carbonyl (C=O) groups excluding carboxylic acids is 3. The Hall–Kier alpha value is -3.29. The summed E-state index contributed by atoms with van der Waals surface area (Å²) in [5.41, 5.74) is 1.80. The largest absolute Gasteiger partial charge is 0.459 e. The molecule has 0 spiro atoms. The lowest BCUT2D eigenvalue weighted by Gasteiger charge is -2.34. The second-order valence-corrected chi connectivity index (χ2v) is 7.97. The fraction of sp³-hybridized carbons (Fsp3) is 0.435. The van der Waals surface area contributed by atoms with E-state index in [9.17, 15) is 14.4 Å². The molecule has 1 aromatic carbocycles. The summed E-state index contributed by atoms with van der Waals surface area (Å²) in [4.78, 5) is 42.4. The van der Waals surface area contributed by atoms with Gasteiger partial charge in [-0.15, -0.1) is 0 Å². The van der Waals surface area contributed by atoms with E-state index < -0.39 is 0 Å². The molecule has 2 aliphatic heterocycles. The Bertz CT molecular complexity index is 896. The summed E-state index contributed by atoms with van der Waals surface area (Å²) in [6, 6.07) is 10.8. The fourth-order valence-corrected chi connectivity index (χ4v) is 4.00. The molecule has 8 heteroatoms. The van der Waals surface area contributed by atoms with E-state index in [0.717, 1.165) is 31.5 Å². The van der Waals surface area contributed by atoms with Gasteiger partial charge >= 0.3 is 6.03 Å². The molecular formula is C23H28N4O4. The minimum Gasteiger partial charge on any atom is -0.459 e. The number of rotatable bonds is 5. The van der Waals surface area contributed by atoms with E-state index in [1.807, 2.05) is 29.2 Å². The van der Waals surface area contributed by atoms with Crippen LogP contribution >= 0.6 is 0 Å². The summed E-state index contributed by atoms with van der Waals surface area (Å²) >= 11 is 0. The molecule has 0 radical (unpaired) electrons. The van der Waals surface area contributed by atoms with Gasteiger partial charge in [-0.3, -0.25) is 9.59 Å². The quantitative estimate of drug-likeness (QED) is 0.800. The van der Waals surface area contributed by atoms with E-state index in [1.165, 1.54) is 6.26 Å². The van der Waals surface area contributed by atoms with E-state index in [4.69, 9.17) is 4.42 Å². The molecule has 4 rings (SSSR count). The lowest BCUT2D eigenvalue weighted by atomic mass is 10.1. The van der Waals surface area contributed by atoms with Crippen LogP contribution in [0.25, 0.3) is 0 Å². The van der Waals surface area contributed by atoms with Gasteiger partial charge in [-0.1, -0.05) is 12.1 Å². The lowest BCUT2D eigenvalue weighted by Crippen LogP contribution is -2.51. The van der Waals surface area contributed by atoms with Crippen molar-refractivity contribution in [2.24, 2.45) is 0 Å². The summed E-state index contributed by atoms with van der Waals surface area (Å²) in [5.74, 6) is 0.392. The monoisotopic (exact) mass is 424 g/mol. The highest BCUT2D eigenvalue weighted by molar-refractivity contribution is 5.92. The van der Waals surface area contributed by atoms with Crippen LogP contribution in [0.4, 0.5) is 10.5 Å². The van der Waals surface area contributed by atoms with Crippen molar-refractivity contribution in [2.75, 3.05) is 44.6 Å². The molecule has 0 unspecified atom stereocenters. The fourth-order valence-electron chi connectivity index (χ4n) is 4.00. The highest BCUT2D eigenvalue weighted by atomic mass is 16.3. The second-order valence-electron chi connectivity index (χ2n) is 7.97. The third-order valence-electron chi connectivity index (χ3n) is 5.88. The van der Waals surface area contributed by atoms with Gasteiger partial charge in [-0.25, -0.2) is 4.79 Å². The van der Waals surface area contributed by atoms with E-state index in [0.29, 0.717) is 50.5 Å². The number of carbonyl (C=O) groups is 3. The molecule has 2 aliphatic rings. The average Bonchev–Trinajstić information content (AvgIpc) is 3.52. The summed E-state index contributed by atoms with van der Waals surface area (Å²) < 4.78 is 5.16. The molecule has 2 aromatic rings. The number of urea groups is 1. The first kappa shape index (κ1) is 21.0. The molecular weight excluding hydrogens is 396 g/mol. The maximum atomic E-state index is 12.6. The summed E-state index contributed by atoms with van der Waals surface area (Å²) in [5, 5.41) is 2.91. The number of piperazine rings is 1. The zero-order valence-electron chi connectivity index (χ0n) is 17.6. The molecule has 2 saturated heterocycles. The van der Waals surface area contributed by atoms with E-state index in [-0.39, 0.29) is 17.8 Å². The van der Waals surface area contributed by atoms with Crippen molar-refractivity contribution in [3.8, 4) is 0 Å². The van der Waals surface area contributed by atoms with Crippen LogP contribution in [0, 0.1) is 0 Å². The smallest absolute Gasteiger partial charge is 0.321 e. The Kier molecular flexibility index (Phi) is 6.54. The van der Waals surface area contributed by atoms with Gasteiger partial charge in [0.15, 0.2) is 5.76 Å². The van der Waals surface area contributed by atoms with Crippen molar-refractivity contribution >= 4 is 23.5 Å². The van der Waals surface area contributed by atoms with Gasteiger partial charge in [0.1, 0.15) is 0 Å². The Labute approximate surface area is 181 Å². The number of hydrogen-bond acceptors (Lipinski definition) is 4. The topological polar surface area (TPSA) is 86.1 Å². The minimum atomic E-state index is -0.179. The Balaban J connectivity index is 1.21. The number of nitrogens with one attached hydrogen (secondary N) is 1. The van der Waals surface area contributed by atoms with Crippen LogP contribution in [0.2, 0.25) is 0 Å². The molecule has 2 fully saturated rings. The van der Waals surface area contributed by atoms with Gasteiger partial charge < -0.3 is 24.4 Å². The van der Waals surface area contributed by atoms with E-state index in [1.54, 1.807) is 21.9 Å². The number of nitrogens with zero attached hydrogens (tertiary/aromatic N) is 3. The molecule has 31 heavy (non-hydrogen) atoms. The first-order valence-electron chi connectivity index (χ1n) is 10.9. The first-order chi connectivity index (χ1) is 15.1. The highest BCUT2D eigenvalue weighted by Gasteiger charge is 2.26. The third kappa shape index (κ3) is 5.25. The van der Waals surface area contributed by atoms with Crippen LogP contribution in [0.1, 0.15) is 35.4 Å². The molecule has 8 nitrogen and oxygen atoms in total. The summed E-state index contributed by atoms with van der Waals surface area (Å²) in [6.07, 6.45) is 4.92. The molecule has 0 aliphatic carbocycles. The Morgan fingerprint density at radius 3 is 2.16 bits per heavy atom. The molecule has 4 amide bonds. The minimum absolute atomic E-state index is 0.149. The molecule has 1 N–H and O–H groups in total. The van der Waals surface area contributed by atoms with Gasteiger partial charge in [0.25, 0.3) is 5.91 Å². The molecule has 0 bridgehead atoms.